The van der Waals surface area contributed by atoms with Crippen LogP contribution >= 0.6 is 0 Å². The van der Waals surface area contributed by atoms with Gasteiger partial charge in [-0.2, -0.15) is 13.2 Å². The quantitative estimate of drug-likeness (QED) is 0.796. The highest BCUT2D eigenvalue weighted by atomic mass is 19.4. The van der Waals surface area contributed by atoms with Crippen molar-refractivity contribution in [2.24, 2.45) is 0 Å². The maximum atomic E-state index is 12.3. The lowest BCUT2D eigenvalue weighted by atomic mass is 10.1. The normalized spacial score (nSPS) is 28.1. The molecule has 0 aromatic heterocycles. The average Bonchev–Trinajstić information content (AvgIpc) is 2.60. The molecule has 1 atom stereocenters. The lowest BCUT2D eigenvalue weighted by Gasteiger charge is -2.33. The Balaban J connectivity index is 1.91. The van der Waals surface area contributed by atoms with Gasteiger partial charge < -0.3 is 10.0 Å². The molecule has 18 heavy (non-hydrogen) atoms. The van der Waals surface area contributed by atoms with Crippen LogP contribution in [0.3, 0.4) is 0 Å². The minimum absolute atomic E-state index is 0.169. The minimum Gasteiger partial charge on any atom is -0.393 e. The topological polar surface area (TPSA) is 43.8 Å². The van der Waals surface area contributed by atoms with Crippen LogP contribution in [0, 0.1) is 0 Å². The van der Waals surface area contributed by atoms with Crippen molar-refractivity contribution in [2.45, 2.75) is 37.6 Å². The summed E-state index contributed by atoms with van der Waals surface area (Å²) in [7, 11) is 0. The van der Waals surface area contributed by atoms with E-state index in [-0.39, 0.29) is 12.6 Å². The first-order valence-electron chi connectivity index (χ1n) is 6.14. The summed E-state index contributed by atoms with van der Waals surface area (Å²) in [6, 6.07) is -0.431. The van der Waals surface area contributed by atoms with Crippen LogP contribution < -0.4 is 0 Å². The number of carbonyl (C=O) groups excluding carboxylic acids is 1. The van der Waals surface area contributed by atoms with E-state index in [0.717, 1.165) is 4.90 Å². The molecule has 0 spiro atoms. The maximum Gasteiger partial charge on any atom is 0.406 e. The van der Waals surface area contributed by atoms with Gasteiger partial charge in [0, 0.05) is 19.6 Å². The molecule has 0 aliphatic carbocycles. The summed E-state index contributed by atoms with van der Waals surface area (Å²) in [5.41, 5.74) is 0. The van der Waals surface area contributed by atoms with Crippen LogP contribution in [-0.4, -0.2) is 65.3 Å². The van der Waals surface area contributed by atoms with Gasteiger partial charge in [-0.05, 0) is 19.3 Å². The van der Waals surface area contributed by atoms with Crippen molar-refractivity contribution in [3.63, 3.8) is 0 Å². The van der Waals surface area contributed by atoms with E-state index in [1.54, 1.807) is 0 Å². The maximum absolute atomic E-state index is 12.3. The van der Waals surface area contributed by atoms with E-state index in [2.05, 4.69) is 0 Å². The summed E-state index contributed by atoms with van der Waals surface area (Å²) in [5, 5.41) is 9.37. The van der Waals surface area contributed by atoms with Gasteiger partial charge >= 0.3 is 6.18 Å². The van der Waals surface area contributed by atoms with Crippen molar-refractivity contribution in [1.82, 2.24) is 9.80 Å². The molecule has 7 heteroatoms. The summed E-state index contributed by atoms with van der Waals surface area (Å²) in [4.78, 5) is 14.7. The van der Waals surface area contributed by atoms with Crippen molar-refractivity contribution in [3.05, 3.63) is 0 Å². The molecule has 2 aliphatic rings. The van der Waals surface area contributed by atoms with Crippen molar-refractivity contribution in [1.29, 1.82) is 0 Å². The minimum atomic E-state index is -4.33. The second-order valence-corrected chi connectivity index (χ2v) is 4.95. The van der Waals surface area contributed by atoms with Crippen molar-refractivity contribution < 1.29 is 23.1 Å². The number of alkyl halides is 3. The Morgan fingerprint density at radius 3 is 2.33 bits per heavy atom. The molecule has 2 aliphatic heterocycles. The van der Waals surface area contributed by atoms with E-state index in [1.807, 2.05) is 4.90 Å². The number of hydrogen-bond acceptors (Lipinski definition) is 3. The van der Waals surface area contributed by atoms with Gasteiger partial charge in [-0.25, -0.2) is 0 Å². The molecule has 0 radical (unpaired) electrons. The van der Waals surface area contributed by atoms with Crippen LogP contribution in [0.2, 0.25) is 0 Å². The Hall–Kier alpha value is -0.820. The second kappa shape index (κ2) is 5.05. The molecule has 0 saturated carbocycles. The van der Waals surface area contributed by atoms with Crippen LogP contribution in [0.5, 0.6) is 0 Å². The van der Waals surface area contributed by atoms with Gasteiger partial charge in [-0.15, -0.1) is 0 Å². The van der Waals surface area contributed by atoms with E-state index in [4.69, 9.17) is 0 Å². The fourth-order valence-electron chi connectivity index (χ4n) is 2.63. The molecule has 0 aromatic rings. The first kappa shape index (κ1) is 13.6. The van der Waals surface area contributed by atoms with Gasteiger partial charge in [0.2, 0.25) is 5.91 Å². The Bertz CT molecular complexity index is 314. The summed E-state index contributed by atoms with van der Waals surface area (Å²) >= 11 is 0. The molecule has 2 fully saturated rings. The number of aliphatic hydroxyl groups excluding tert-OH is 1. The lowest BCUT2D eigenvalue weighted by Crippen LogP contribution is -2.47. The fraction of sp³-hybridized carbons (Fsp3) is 0.909. The van der Waals surface area contributed by atoms with Gasteiger partial charge in [0.1, 0.15) is 6.54 Å². The third-order valence-corrected chi connectivity index (χ3v) is 3.58. The van der Waals surface area contributed by atoms with E-state index >= 15 is 0 Å². The van der Waals surface area contributed by atoms with E-state index in [0.29, 0.717) is 32.4 Å². The zero-order valence-electron chi connectivity index (χ0n) is 9.99. The molecular weight excluding hydrogens is 249 g/mol. The van der Waals surface area contributed by atoms with Gasteiger partial charge in [0.25, 0.3) is 0 Å². The third kappa shape index (κ3) is 3.14. The molecule has 0 aromatic carbocycles. The number of piperidine rings is 1. The van der Waals surface area contributed by atoms with Crippen molar-refractivity contribution in [3.8, 4) is 0 Å². The van der Waals surface area contributed by atoms with Gasteiger partial charge in [-0.1, -0.05) is 0 Å². The van der Waals surface area contributed by atoms with Crippen LogP contribution in [0.15, 0.2) is 0 Å². The number of rotatable bonds is 2. The molecule has 2 heterocycles. The predicted octanol–water partition coefficient (Wildman–Crippen LogP) is 0.606. The van der Waals surface area contributed by atoms with Gasteiger partial charge in [0.15, 0.2) is 0 Å². The van der Waals surface area contributed by atoms with Crippen LogP contribution in [-0.2, 0) is 4.79 Å². The van der Waals surface area contributed by atoms with E-state index in [9.17, 15) is 23.1 Å². The Labute approximate surface area is 103 Å². The Kier molecular flexibility index (Phi) is 3.82. The summed E-state index contributed by atoms with van der Waals surface area (Å²) in [5.74, 6) is -0.427. The number of carbonyl (C=O) groups is 1. The largest absolute Gasteiger partial charge is 0.406 e. The Morgan fingerprint density at radius 2 is 1.78 bits per heavy atom. The first-order valence-corrected chi connectivity index (χ1v) is 6.14. The fourth-order valence-corrected chi connectivity index (χ4v) is 2.63. The zero-order valence-corrected chi connectivity index (χ0v) is 9.99. The first-order chi connectivity index (χ1) is 8.37. The molecule has 1 N–H and O–H groups in total. The average molecular weight is 266 g/mol. The summed E-state index contributed by atoms with van der Waals surface area (Å²) in [6.45, 7) is 0.176. The standard InChI is InChI=1S/C11H17F3N2O2/c12-11(13,14)7-16-6-3-9(10(16)18)15-4-1-8(17)2-5-15/h8-9,17H,1-7H2. The lowest BCUT2D eigenvalue weighted by molar-refractivity contribution is -0.159. The number of amides is 1. The van der Waals surface area contributed by atoms with Gasteiger partial charge in [0.05, 0.1) is 12.1 Å². The number of likely N-dealkylation sites (tertiary alicyclic amines) is 2. The van der Waals surface area contributed by atoms with E-state index in [1.165, 1.54) is 0 Å². The highest BCUT2D eigenvalue weighted by Crippen LogP contribution is 2.25. The summed E-state index contributed by atoms with van der Waals surface area (Å²) in [6.07, 6.45) is -3.05. The molecule has 1 unspecified atom stereocenters. The monoisotopic (exact) mass is 266 g/mol. The molecule has 2 saturated heterocycles. The zero-order chi connectivity index (χ0) is 13.3. The summed E-state index contributed by atoms with van der Waals surface area (Å²) < 4.78 is 36.8. The van der Waals surface area contributed by atoms with Gasteiger partial charge in [-0.3, -0.25) is 9.69 Å². The van der Waals surface area contributed by atoms with Crippen molar-refractivity contribution in [2.75, 3.05) is 26.2 Å². The molecule has 0 bridgehead atoms. The highest BCUT2D eigenvalue weighted by molar-refractivity contribution is 5.84. The smallest absolute Gasteiger partial charge is 0.393 e. The number of aliphatic hydroxyl groups is 1. The number of halogens is 3. The molecule has 104 valence electrons. The predicted molar refractivity (Wildman–Crippen MR) is 57.9 cm³/mol. The third-order valence-electron chi connectivity index (χ3n) is 3.58. The second-order valence-electron chi connectivity index (χ2n) is 4.95. The molecule has 1 amide bonds. The number of hydrogen-bond donors (Lipinski definition) is 1. The SMILES string of the molecule is O=C1C(N2CCC(O)CC2)CCN1CC(F)(F)F. The Morgan fingerprint density at radius 1 is 1.17 bits per heavy atom. The molecule has 4 nitrogen and oxygen atoms in total. The molecule has 2 rings (SSSR count). The van der Waals surface area contributed by atoms with Crippen LogP contribution in [0.25, 0.3) is 0 Å². The van der Waals surface area contributed by atoms with Crippen LogP contribution in [0.1, 0.15) is 19.3 Å². The molecular formula is C11H17F3N2O2. The van der Waals surface area contributed by atoms with E-state index < -0.39 is 24.7 Å². The number of nitrogens with zero attached hydrogens (tertiary/aromatic N) is 2. The van der Waals surface area contributed by atoms with Crippen molar-refractivity contribution >= 4 is 5.91 Å². The highest BCUT2D eigenvalue weighted by Gasteiger charge is 2.41. The van der Waals surface area contributed by atoms with Crippen LogP contribution in [0.4, 0.5) is 13.2 Å².